The summed E-state index contributed by atoms with van der Waals surface area (Å²) in [5.41, 5.74) is 2.52. The van der Waals surface area contributed by atoms with E-state index in [1.54, 1.807) is 0 Å². The first-order valence-electron chi connectivity index (χ1n) is 10.4. The van der Waals surface area contributed by atoms with Gasteiger partial charge in [0.2, 0.25) is 0 Å². The van der Waals surface area contributed by atoms with Crippen LogP contribution in [-0.2, 0) is 9.53 Å². The molecule has 25 heavy (non-hydrogen) atoms. The molecular formula is C23H36O2. The second-order valence-corrected chi connectivity index (χ2v) is 7.77. The standard InChI is InChI=1S/C23H36O2/c1-4-6-7-17-25-23(24)18(3)20-13-15-22(16-14-20)21-11-9-19(8-5-2)10-12-21/h13-16,18-19,21H,4-12,17H2,1-3H3/t18?,19-,21-. The molecule has 0 bridgehead atoms. The lowest BCUT2D eigenvalue weighted by atomic mass is 9.77. The number of esters is 1. The topological polar surface area (TPSA) is 26.3 Å². The predicted octanol–water partition coefficient (Wildman–Crippen LogP) is 6.60. The predicted molar refractivity (Wildman–Crippen MR) is 105 cm³/mol. The molecule has 0 spiro atoms. The van der Waals surface area contributed by atoms with E-state index in [1.807, 2.05) is 6.92 Å². The van der Waals surface area contributed by atoms with Crippen LogP contribution in [-0.4, -0.2) is 12.6 Å². The lowest BCUT2D eigenvalue weighted by Crippen LogP contribution is -2.15. The Hall–Kier alpha value is -1.31. The maximum absolute atomic E-state index is 12.2. The Morgan fingerprint density at radius 2 is 1.72 bits per heavy atom. The third-order valence-electron chi connectivity index (χ3n) is 5.80. The zero-order valence-corrected chi connectivity index (χ0v) is 16.4. The number of unbranched alkanes of at least 4 members (excludes halogenated alkanes) is 2. The van der Waals surface area contributed by atoms with Gasteiger partial charge in [0, 0.05) is 0 Å². The molecule has 1 aromatic rings. The second-order valence-electron chi connectivity index (χ2n) is 7.77. The molecule has 1 aliphatic rings. The Morgan fingerprint density at radius 1 is 1.04 bits per heavy atom. The molecule has 0 heterocycles. The Kier molecular flexibility index (Phi) is 8.51. The fourth-order valence-electron chi connectivity index (χ4n) is 4.04. The molecule has 0 N–H and O–H groups in total. The molecule has 0 amide bonds. The second kappa shape index (κ2) is 10.6. The number of hydrogen-bond donors (Lipinski definition) is 0. The van der Waals surface area contributed by atoms with Crippen molar-refractivity contribution in [2.75, 3.05) is 6.61 Å². The summed E-state index contributed by atoms with van der Waals surface area (Å²) >= 11 is 0. The number of carbonyl (C=O) groups excluding carboxylic acids is 1. The molecule has 1 unspecified atom stereocenters. The molecule has 0 saturated heterocycles. The highest BCUT2D eigenvalue weighted by Crippen LogP contribution is 2.37. The van der Waals surface area contributed by atoms with E-state index in [1.165, 1.54) is 44.1 Å². The molecule has 2 heteroatoms. The van der Waals surface area contributed by atoms with Gasteiger partial charge in [-0.25, -0.2) is 0 Å². The maximum Gasteiger partial charge on any atom is 0.313 e. The number of hydrogen-bond acceptors (Lipinski definition) is 2. The molecule has 0 aliphatic heterocycles. The molecule has 2 rings (SSSR count). The highest BCUT2D eigenvalue weighted by atomic mass is 16.5. The first-order valence-corrected chi connectivity index (χ1v) is 10.4. The van der Waals surface area contributed by atoms with Gasteiger partial charge in [-0.3, -0.25) is 4.79 Å². The lowest BCUT2D eigenvalue weighted by molar-refractivity contribution is -0.145. The van der Waals surface area contributed by atoms with Crippen LogP contribution in [0.3, 0.4) is 0 Å². The smallest absolute Gasteiger partial charge is 0.313 e. The van der Waals surface area contributed by atoms with E-state index in [0.29, 0.717) is 12.5 Å². The molecule has 1 fully saturated rings. The molecule has 1 aromatic carbocycles. The third-order valence-corrected chi connectivity index (χ3v) is 5.80. The zero-order chi connectivity index (χ0) is 18.1. The van der Waals surface area contributed by atoms with Crippen LogP contribution in [0.1, 0.15) is 102 Å². The molecule has 0 aromatic heterocycles. The van der Waals surface area contributed by atoms with Crippen LogP contribution in [0.2, 0.25) is 0 Å². The first-order chi connectivity index (χ1) is 12.2. The summed E-state index contributed by atoms with van der Waals surface area (Å²) in [6, 6.07) is 8.74. The Balaban J connectivity index is 1.83. The van der Waals surface area contributed by atoms with Crippen molar-refractivity contribution >= 4 is 5.97 Å². The summed E-state index contributed by atoms with van der Waals surface area (Å²) in [5.74, 6) is 1.39. The van der Waals surface area contributed by atoms with Crippen LogP contribution in [0.4, 0.5) is 0 Å². The average molecular weight is 345 g/mol. The van der Waals surface area contributed by atoms with Crippen molar-refractivity contribution in [1.29, 1.82) is 0 Å². The van der Waals surface area contributed by atoms with Gasteiger partial charge >= 0.3 is 5.97 Å². The van der Waals surface area contributed by atoms with Crippen molar-refractivity contribution in [3.8, 4) is 0 Å². The number of carbonyl (C=O) groups is 1. The fourth-order valence-corrected chi connectivity index (χ4v) is 4.04. The first kappa shape index (κ1) is 20.0. The van der Waals surface area contributed by atoms with Gasteiger partial charge in [0.1, 0.15) is 0 Å². The monoisotopic (exact) mass is 344 g/mol. The van der Waals surface area contributed by atoms with Crippen molar-refractivity contribution in [1.82, 2.24) is 0 Å². The highest BCUT2D eigenvalue weighted by Gasteiger charge is 2.22. The molecule has 1 aliphatic carbocycles. The van der Waals surface area contributed by atoms with Crippen molar-refractivity contribution in [3.63, 3.8) is 0 Å². The van der Waals surface area contributed by atoms with Crippen LogP contribution in [0.15, 0.2) is 24.3 Å². The Morgan fingerprint density at radius 3 is 2.32 bits per heavy atom. The summed E-state index contributed by atoms with van der Waals surface area (Å²) in [7, 11) is 0. The largest absolute Gasteiger partial charge is 0.465 e. The average Bonchev–Trinajstić information content (AvgIpc) is 2.65. The van der Waals surface area contributed by atoms with Gasteiger partial charge < -0.3 is 4.74 Å². The van der Waals surface area contributed by atoms with Gasteiger partial charge in [-0.2, -0.15) is 0 Å². The Bertz CT molecular complexity index is 497. The maximum atomic E-state index is 12.2. The SMILES string of the molecule is CCCCCOC(=O)C(C)c1ccc([C@H]2CC[C@H](CCC)CC2)cc1. The van der Waals surface area contributed by atoms with Crippen LogP contribution >= 0.6 is 0 Å². The van der Waals surface area contributed by atoms with Crippen molar-refractivity contribution < 1.29 is 9.53 Å². The van der Waals surface area contributed by atoms with Crippen LogP contribution < -0.4 is 0 Å². The van der Waals surface area contributed by atoms with Crippen LogP contribution in [0, 0.1) is 5.92 Å². The van der Waals surface area contributed by atoms with Gasteiger partial charge in [0.05, 0.1) is 12.5 Å². The van der Waals surface area contributed by atoms with Crippen molar-refractivity contribution in [3.05, 3.63) is 35.4 Å². The van der Waals surface area contributed by atoms with Gasteiger partial charge in [-0.1, -0.05) is 63.8 Å². The Labute approximate surface area is 154 Å². The number of rotatable bonds is 9. The summed E-state index contributed by atoms with van der Waals surface area (Å²) in [4.78, 5) is 12.2. The quantitative estimate of drug-likeness (QED) is 0.373. The molecule has 1 saturated carbocycles. The molecule has 1 atom stereocenters. The van der Waals surface area contributed by atoms with Crippen molar-refractivity contribution in [2.24, 2.45) is 5.92 Å². The minimum atomic E-state index is -0.170. The van der Waals surface area contributed by atoms with Gasteiger partial charge in [0.15, 0.2) is 0 Å². The van der Waals surface area contributed by atoms with Crippen LogP contribution in [0.5, 0.6) is 0 Å². The molecule has 2 nitrogen and oxygen atoms in total. The zero-order valence-electron chi connectivity index (χ0n) is 16.4. The minimum Gasteiger partial charge on any atom is -0.465 e. The van der Waals surface area contributed by atoms with E-state index in [9.17, 15) is 4.79 Å². The molecule has 140 valence electrons. The summed E-state index contributed by atoms with van der Waals surface area (Å²) in [6.07, 6.45) is 11.3. The summed E-state index contributed by atoms with van der Waals surface area (Å²) in [6.45, 7) is 6.95. The normalized spacial score (nSPS) is 21.7. The van der Waals surface area contributed by atoms with Gasteiger partial charge in [0.25, 0.3) is 0 Å². The van der Waals surface area contributed by atoms with E-state index >= 15 is 0 Å². The fraction of sp³-hybridized carbons (Fsp3) is 0.696. The van der Waals surface area contributed by atoms with E-state index in [0.717, 1.165) is 30.7 Å². The van der Waals surface area contributed by atoms with E-state index in [4.69, 9.17) is 4.74 Å². The van der Waals surface area contributed by atoms with Crippen molar-refractivity contribution in [2.45, 2.75) is 90.4 Å². The summed E-state index contributed by atoms with van der Waals surface area (Å²) < 4.78 is 5.40. The lowest BCUT2D eigenvalue weighted by Gasteiger charge is -2.28. The third kappa shape index (κ3) is 6.17. The molecule has 0 radical (unpaired) electrons. The van der Waals surface area contributed by atoms with Gasteiger partial charge in [-0.05, 0) is 62.0 Å². The molecular weight excluding hydrogens is 308 g/mol. The minimum absolute atomic E-state index is 0.0936. The van der Waals surface area contributed by atoms with E-state index in [-0.39, 0.29) is 11.9 Å². The summed E-state index contributed by atoms with van der Waals surface area (Å²) in [5, 5.41) is 0. The van der Waals surface area contributed by atoms with E-state index in [2.05, 4.69) is 38.1 Å². The number of benzene rings is 1. The highest BCUT2D eigenvalue weighted by molar-refractivity contribution is 5.77. The van der Waals surface area contributed by atoms with Crippen LogP contribution in [0.25, 0.3) is 0 Å². The van der Waals surface area contributed by atoms with Gasteiger partial charge in [-0.15, -0.1) is 0 Å². The number of ether oxygens (including phenoxy) is 1. The van der Waals surface area contributed by atoms with E-state index < -0.39 is 0 Å².